The SMILES string of the molecule is Cl.O=C1CCc2cc(C(=O)N[C@H]3CCCNC3)ccc2N1. The highest BCUT2D eigenvalue weighted by Gasteiger charge is 2.19. The third-order valence-corrected chi connectivity index (χ3v) is 3.90. The number of piperidine rings is 1. The minimum atomic E-state index is -0.0293. The number of benzene rings is 1. The topological polar surface area (TPSA) is 70.2 Å². The summed E-state index contributed by atoms with van der Waals surface area (Å²) < 4.78 is 0. The Bertz CT molecular complexity index is 542. The van der Waals surface area contributed by atoms with Gasteiger partial charge in [-0.05, 0) is 49.6 Å². The van der Waals surface area contributed by atoms with Crippen molar-refractivity contribution in [3.8, 4) is 0 Å². The van der Waals surface area contributed by atoms with E-state index in [2.05, 4.69) is 16.0 Å². The molecule has 2 amide bonds. The summed E-state index contributed by atoms with van der Waals surface area (Å²) in [4.78, 5) is 23.5. The van der Waals surface area contributed by atoms with E-state index in [4.69, 9.17) is 0 Å². The Morgan fingerprint density at radius 2 is 2.14 bits per heavy atom. The Labute approximate surface area is 130 Å². The molecule has 2 aliphatic heterocycles. The average Bonchev–Trinajstić information content (AvgIpc) is 2.47. The Morgan fingerprint density at radius 1 is 1.29 bits per heavy atom. The van der Waals surface area contributed by atoms with Gasteiger partial charge in [-0.25, -0.2) is 0 Å². The maximum atomic E-state index is 12.2. The second-order valence-corrected chi connectivity index (χ2v) is 5.44. The lowest BCUT2D eigenvalue weighted by Crippen LogP contribution is -2.45. The van der Waals surface area contributed by atoms with E-state index in [0.29, 0.717) is 18.4 Å². The number of nitrogens with one attached hydrogen (secondary N) is 3. The highest BCUT2D eigenvalue weighted by Crippen LogP contribution is 2.23. The van der Waals surface area contributed by atoms with Gasteiger partial charge in [-0.3, -0.25) is 9.59 Å². The molecular weight excluding hydrogens is 290 g/mol. The molecule has 6 heteroatoms. The van der Waals surface area contributed by atoms with Gasteiger partial charge >= 0.3 is 0 Å². The molecule has 0 aliphatic carbocycles. The van der Waals surface area contributed by atoms with Gasteiger partial charge in [0.1, 0.15) is 0 Å². The molecule has 0 unspecified atom stereocenters. The van der Waals surface area contributed by atoms with Gasteiger partial charge in [0.25, 0.3) is 5.91 Å². The molecule has 21 heavy (non-hydrogen) atoms. The van der Waals surface area contributed by atoms with Crippen molar-refractivity contribution in [2.45, 2.75) is 31.7 Å². The largest absolute Gasteiger partial charge is 0.348 e. The molecule has 0 aromatic heterocycles. The van der Waals surface area contributed by atoms with Gasteiger partial charge in [0, 0.05) is 30.3 Å². The summed E-state index contributed by atoms with van der Waals surface area (Å²) in [6.45, 7) is 1.87. The molecule has 3 N–H and O–H groups in total. The zero-order valence-corrected chi connectivity index (χ0v) is 12.6. The third-order valence-electron chi connectivity index (χ3n) is 3.90. The fourth-order valence-corrected chi connectivity index (χ4v) is 2.77. The number of rotatable bonds is 2. The Kier molecular flexibility index (Phi) is 5.20. The van der Waals surface area contributed by atoms with Gasteiger partial charge in [0.15, 0.2) is 0 Å². The molecule has 0 bridgehead atoms. The smallest absolute Gasteiger partial charge is 0.251 e. The van der Waals surface area contributed by atoms with Crippen molar-refractivity contribution in [3.05, 3.63) is 29.3 Å². The summed E-state index contributed by atoms with van der Waals surface area (Å²) in [5, 5.41) is 9.17. The van der Waals surface area contributed by atoms with E-state index in [9.17, 15) is 9.59 Å². The van der Waals surface area contributed by atoms with Crippen LogP contribution in [0.2, 0.25) is 0 Å². The quantitative estimate of drug-likeness (QED) is 0.775. The lowest BCUT2D eigenvalue weighted by atomic mass is 9.99. The number of fused-ring (bicyclic) bond motifs is 1. The van der Waals surface area contributed by atoms with Crippen LogP contribution in [-0.4, -0.2) is 30.9 Å². The monoisotopic (exact) mass is 309 g/mol. The number of carbonyl (C=O) groups is 2. The first-order chi connectivity index (χ1) is 9.72. The molecule has 2 heterocycles. The van der Waals surface area contributed by atoms with Crippen molar-refractivity contribution in [3.63, 3.8) is 0 Å². The average molecular weight is 310 g/mol. The van der Waals surface area contributed by atoms with Gasteiger partial charge in [-0.1, -0.05) is 0 Å². The lowest BCUT2D eigenvalue weighted by Gasteiger charge is -2.24. The van der Waals surface area contributed by atoms with Crippen LogP contribution in [0.1, 0.15) is 35.2 Å². The first-order valence-electron chi connectivity index (χ1n) is 7.17. The molecule has 1 atom stereocenters. The van der Waals surface area contributed by atoms with E-state index < -0.39 is 0 Å². The Morgan fingerprint density at radius 3 is 2.90 bits per heavy atom. The van der Waals surface area contributed by atoms with Gasteiger partial charge < -0.3 is 16.0 Å². The molecule has 1 aromatic rings. The van der Waals surface area contributed by atoms with Crippen LogP contribution in [0.25, 0.3) is 0 Å². The Balaban J connectivity index is 0.00000161. The number of halogens is 1. The number of aryl methyl sites for hydroxylation is 1. The highest BCUT2D eigenvalue weighted by atomic mass is 35.5. The van der Waals surface area contributed by atoms with Crippen molar-refractivity contribution in [1.29, 1.82) is 0 Å². The van der Waals surface area contributed by atoms with Gasteiger partial charge in [0.05, 0.1) is 0 Å². The third kappa shape index (κ3) is 3.74. The summed E-state index contributed by atoms with van der Waals surface area (Å²) in [6, 6.07) is 5.70. The van der Waals surface area contributed by atoms with Crippen molar-refractivity contribution in [1.82, 2.24) is 10.6 Å². The van der Waals surface area contributed by atoms with Crippen LogP contribution in [0.15, 0.2) is 18.2 Å². The molecule has 5 nitrogen and oxygen atoms in total. The second kappa shape index (κ2) is 6.91. The van der Waals surface area contributed by atoms with Crippen LogP contribution >= 0.6 is 12.4 Å². The van der Waals surface area contributed by atoms with Crippen LogP contribution in [0.4, 0.5) is 5.69 Å². The second-order valence-electron chi connectivity index (χ2n) is 5.44. The fraction of sp³-hybridized carbons (Fsp3) is 0.467. The predicted molar refractivity (Wildman–Crippen MR) is 84.0 cm³/mol. The molecule has 114 valence electrons. The van der Waals surface area contributed by atoms with E-state index in [1.807, 2.05) is 12.1 Å². The van der Waals surface area contributed by atoms with Gasteiger partial charge in [-0.15, -0.1) is 12.4 Å². The van der Waals surface area contributed by atoms with E-state index in [1.165, 1.54) is 0 Å². The van der Waals surface area contributed by atoms with Gasteiger partial charge in [-0.2, -0.15) is 0 Å². The highest BCUT2D eigenvalue weighted by molar-refractivity contribution is 5.98. The number of hydrogen-bond donors (Lipinski definition) is 3. The number of anilines is 1. The minimum Gasteiger partial charge on any atom is -0.348 e. The van der Waals surface area contributed by atoms with Crippen molar-refractivity contribution in [2.75, 3.05) is 18.4 Å². The summed E-state index contributed by atoms with van der Waals surface area (Å²) in [6.07, 6.45) is 3.32. The first-order valence-corrected chi connectivity index (χ1v) is 7.17. The summed E-state index contributed by atoms with van der Waals surface area (Å²) in [5.74, 6) is 0.0152. The number of carbonyl (C=O) groups excluding carboxylic acids is 2. The van der Waals surface area contributed by atoms with E-state index >= 15 is 0 Å². The molecule has 1 aromatic carbocycles. The van der Waals surface area contributed by atoms with Crippen LogP contribution in [-0.2, 0) is 11.2 Å². The lowest BCUT2D eigenvalue weighted by molar-refractivity contribution is -0.116. The zero-order valence-electron chi connectivity index (χ0n) is 11.8. The molecule has 2 aliphatic rings. The number of amides is 2. The molecule has 0 spiro atoms. The molecule has 1 fully saturated rings. The van der Waals surface area contributed by atoms with E-state index in [0.717, 1.165) is 37.2 Å². The Hall–Kier alpha value is -1.59. The first kappa shape index (κ1) is 15.8. The van der Waals surface area contributed by atoms with Gasteiger partial charge in [0.2, 0.25) is 5.91 Å². The normalized spacial score (nSPS) is 20.8. The molecular formula is C15H20ClN3O2. The maximum Gasteiger partial charge on any atom is 0.251 e. The van der Waals surface area contributed by atoms with Crippen molar-refractivity contribution in [2.24, 2.45) is 0 Å². The fourth-order valence-electron chi connectivity index (χ4n) is 2.77. The summed E-state index contributed by atoms with van der Waals surface area (Å²) in [5.41, 5.74) is 2.54. The molecule has 0 saturated carbocycles. The van der Waals surface area contributed by atoms with E-state index in [-0.39, 0.29) is 30.3 Å². The van der Waals surface area contributed by atoms with E-state index in [1.54, 1.807) is 6.07 Å². The standard InChI is InChI=1S/C15H19N3O2.ClH/c19-14-6-4-10-8-11(3-5-13(10)18-14)15(20)17-12-2-1-7-16-9-12;/h3,5,8,12,16H,1-2,4,6-7,9H2,(H,17,20)(H,18,19);1H/t12-;/m0./s1. The van der Waals surface area contributed by atoms with Crippen LogP contribution < -0.4 is 16.0 Å². The molecule has 1 saturated heterocycles. The summed E-state index contributed by atoms with van der Waals surface area (Å²) >= 11 is 0. The van der Waals surface area contributed by atoms with Crippen molar-refractivity contribution >= 4 is 29.9 Å². The van der Waals surface area contributed by atoms with Crippen LogP contribution in [0, 0.1) is 0 Å². The van der Waals surface area contributed by atoms with Crippen molar-refractivity contribution < 1.29 is 9.59 Å². The maximum absolute atomic E-state index is 12.2. The van der Waals surface area contributed by atoms with Crippen LogP contribution in [0.5, 0.6) is 0 Å². The molecule has 3 rings (SSSR count). The summed E-state index contributed by atoms with van der Waals surface area (Å²) in [7, 11) is 0. The van der Waals surface area contributed by atoms with Crippen LogP contribution in [0.3, 0.4) is 0 Å². The minimum absolute atomic E-state index is 0. The zero-order chi connectivity index (χ0) is 13.9. The predicted octanol–water partition coefficient (Wildman–Crippen LogP) is 1.47. The molecule has 0 radical (unpaired) electrons. The number of hydrogen-bond acceptors (Lipinski definition) is 3.